The van der Waals surface area contributed by atoms with Gasteiger partial charge in [-0.15, -0.1) is 11.8 Å². The Bertz CT molecular complexity index is 514. The Hall–Kier alpha value is -0.870. The van der Waals surface area contributed by atoms with Crippen LogP contribution in [0, 0.1) is 11.6 Å². The van der Waals surface area contributed by atoms with E-state index < -0.39 is 11.6 Å². The summed E-state index contributed by atoms with van der Waals surface area (Å²) in [5.41, 5.74) is 0.360. The van der Waals surface area contributed by atoms with Gasteiger partial charge in [-0.3, -0.25) is 0 Å². The van der Waals surface area contributed by atoms with E-state index >= 15 is 0 Å². The quantitative estimate of drug-likeness (QED) is 0.566. The Morgan fingerprint density at radius 3 is 2.41 bits per heavy atom. The lowest BCUT2D eigenvalue weighted by molar-refractivity contribution is 0.501. The molecule has 0 aliphatic heterocycles. The zero-order valence-electron chi connectivity index (χ0n) is 8.79. The van der Waals surface area contributed by atoms with Crippen LogP contribution >= 0.6 is 27.7 Å². The second-order valence-corrected chi connectivity index (χ2v) is 5.33. The fourth-order valence-corrected chi connectivity index (χ4v) is 2.95. The van der Waals surface area contributed by atoms with Gasteiger partial charge < -0.3 is 0 Å². The molecule has 88 valence electrons. The lowest BCUT2D eigenvalue weighted by Gasteiger charge is -2.06. The minimum Gasteiger partial charge on any atom is -0.204 e. The second-order valence-electron chi connectivity index (χ2n) is 3.42. The van der Waals surface area contributed by atoms with Gasteiger partial charge in [0.2, 0.25) is 0 Å². The van der Waals surface area contributed by atoms with Crippen LogP contribution in [-0.4, -0.2) is 0 Å². The Balaban J connectivity index is 2.17. The van der Waals surface area contributed by atoms with Gasteiger partial charge in [-0.05, 0) is 24.3 Å². The smallest absolute Gasteiger partial charge is 0.163 e. The number of thioether (sulfide) groups is 1. The molecule has 0 saturated carbocycles. The van der Waals surface area contributed by atoms with E-state index in [9.17, 15) is 8.78 Å². The fraction of sp³-hybridized carbons (Fsp3) is 0.0769. The maximum atomic E-state index is 13.5. The van der Waals surface area contributed by atoms with Crippen LogP contribution in [0.5, 0.6) is 0 Å². The Kier molecular flexibility index (Phi) is 4.18. The molecule has 0 aromatic heterocycles. The standard InChI is InChI=1S/C13H9BrF2S/c14-11-6-7-12(15)13(16)10(11)8-17-9-4-2-1-3-5-9/h1-7H,8H2. The average Bonchev–Trinajstić information content (AvgIpc) is 2.35. The molecule has 2 aromatic rings. The highest BCUT2D eigenvalue weighted by Crippen LogP contribution is 2.29. The number of hydrogen-bond donors (Lipinski definition) is 0. The van der Waals surface area contributed by atoms with Crippen molar-refractivity contribution in [1.29, 1.82) is 0 Å². The number of halogens is 3. The monoisotopic (exact) mass is 314 g/mol. The summed E-state index contributed by atoms with van der Waals surface area (Å²) in [4.78, 5) is 1.03. The molecule has 0 spiro atoms. The van der Waals surface area contributed by atoms with Gasteiger partial charge in [0.05, 0.1) is 0 Å². The summed E-state index contributed by atoms with van der Waals surface area (Å²) in [6, 6.07) is 12.3. The average molecular weight is 315 g/mol. The van der Waals surface area contributed by atoms with E-state index in [1.54, 1.807) is 0 Å². The molecular weight excluding hydrogens is 306 g/mol. The molecule has 0 radical (unpaired) electrons. The minimum absolute atomic E-state index is 0.360. The third-order valence-corrected chi connectivity index (χ3v) is 4.05. The van der Waals surface area contributed by atoms with Crippen molar-refractivity contribution < 1.29 is 8.78 Å². The molecule has 17 heavy (non-hydrogen) atoms. The van der Waals surface area contributed by atoms with Crippen molar-refractivity contribution in [1.82, 2.24) is 0 Å². The van der Waals surface area contributed by atoms with Crippen molar-refractivity contribution in [2.24, 2.45) is 0 Å². The first-order chi connectivity index (χ1) is 8.18. The van der Waals surface area contributed by atoms with Crippen LogP contribution in [0.1, 0.15) is 5.56 Å². The van der Waals surface area contributed by atoms with Crippen LogP contribution in [0.25, 0.3) is 0 Å². The summed E-state index contributed by atoms with van der Waals surface area (Å²) in [6.45, 7) is 0. The molecule has 0 atom stereocenters. The van der Waals surface area contributed by atoms with E-state index in [-0.39, 0.29) is 0 Å². The molecule has 0 saturated heterocycles. The van der Waals surface area contributed by atoms with Crippen LogP contribution in [0.3, 0.4) is 0 Å². The van der Waals surface area contributed by atoms with Crippen molar-refractivity contribution in [3.63, 3.8) is 0 Å². The molecule has 0 N–H and O–H groups in total. The van der Waals surface area contributed by atoms with Gasteiger partial charge in [-0.1, -0.05) is 34.1 Å². The first-order valence-corrected chi connectivity index (χ1v) is 6.76. The van der Waals surface area contributed by atoms with Crippen LogP contribution in [-0.2, 0) is 5.75 Å². The summed E-state index contributed by atoms with van der Waals surface area (Å²) >= 11 is 4.71. The lowest BCUT2D eigenvalue weighted by atomic mass is 10.2. The van der Waals surface area contributed by atoms with Crippen LogP contribution < -0.4 is 0 Å². The van der Waals surface area contributed by atoms with E-state index in [0.29, 0.717) is 15.8 Å². The summed E-state index contributed by atoms with van der Waals surface area (Å²) in [7, 11) is 0. The second kappa shape index (κ2) is 5.65. The van der Waals surface area contributed by atoms with E-state index in [2.05, 4.69) is 15.9 Å². The molecule has 0 bridgehead atoms. The Morgan fingerprint density at radius 1 is 1.00 bits per heavy atom. The largest absolute Gasteiger partial charge is 0.204 e. The van der Waals surface area contributed by atoms with Crippen molar-refractivity contribution in [2.75, 3.05) is 0 Å². The lowest BCUT2D eigenvalue weighted by Crippen LogP contribution is -1.94. The van der Waals surface area contributed by atoms with Crippen LogP contribution in [0.4, 0.5) is 8.78 Å². The molecule has 0 fully saturated rings. The zero-order chi connectivity index (χ0) is 12.3. The van der Waals surface area contributed by atoms with Gasteiger partial charge in [0.1, 0.15) is 0 Å². The summed E-state index contributed by atoms with van der Waals surface area (Å²) < 4.78 is 27.2. The maximum Gasteiger partial charge on any atom is 0.163 e. The maximum absolute atomic E-state index is 13.5. The Morgan fingerprint density at radius 2 is 1.71 bits per heavy atom. The molecule has 2 rings (SSSR count). The highest BCUT2D eigenvalue weighted by molar-refractivity contribution is 9.10. The number of rotatable bonds is 3. The van der Waals surface area contributed by atoms with Gasteiger partial charge >= 0.3 is 0 Å². The highest BCUT2D eigenvalue weighted by atomic mass is 79.9. The van der Waals surface area contributed by atoms with Gasteiger partial charge in [0.15, 0.2) is 11.6 Å². The van der Waals surface area contributed by atoms with Gasteiger partial charge in [0.25, 0.3) is 0 Å². The minimum atomic E-state index is -0.808. The topological polar surface area (TPSA) is 0 Å². The first-order valence-electron chi connectivity index (χ1n) is 4.98. The van der Waals surface area contributed by atoms with Crippen molar-refractivity contribution in [2.45, 2.75) is 10.6 Å². The first kappa shape index (κ1) is 12.6. The summed E-state index contributed by atoms with van der Waals surface area (Å²) in [6.07, 6.45) is 0. The van der Waals surface area contributed by atoms with E-state index in [0.717, 1.165) is 11.0 Å². The molecular formula is C13H9BrF2S. The molecule has 0 amide bonds. The molecule has 0 unspecified atom stereocenters. The van der Waals surface area contributed by atoms with Gasteiger partial charge in [-0.25, -0.2) is 8.78 Å². The predicted molar refractivity (Wildman–Crippen MR) is 70.1 cm³/mol. The molecule has 4 heteroatoms. The normalized spacial score (nSPS) is 10.5. The molecule has 2 aromatic carbocycles. The van der Waals surface area contributed by atoms with E-state index in [1.165, 1.54) is 17.8 Å². The SMILES string of the molecule is Fc1ccc(Br)c(CSc2ccccc2)c1F. The Labute approximate surface area is 111 Å². The fourth-order valence-electron chi connectivity index (χ4n) is 1.37. The van der Waals surface area contributed by atoms with Crippen molar-refractivity contribution in [3.05, 3.63) is 64.1 Å². The number of benzene rings is 2. The third-order valence-electron chi connectivity index (χ3n) is 2.27. The summed E-state index contributed by atoms with van der Waals surface area (Å²) in [5, 5.41) is 0. The van der Waals surface area contributed by atoms with Crippen LogP contribution in [0.2, 0.25) is 0 Å². The number of hydrogen-bond acceptors (Lipinski definition) is 1. The molecule has 0 aliphatic rings. The summed E-state index contributed by atoms with van der Waals surface area (Å²) in [5.74, 6) is -1.19. The molecule has 0 aliphatic carbocycles. The molecule has 0 nitrogen and oxygen atoms in total. The zero-order valence-corrected chi connectivity index (χ0v) is 11.2. The van der Waals surface area contributed by atoms with E-state index in [1.807, 2.05) is 30.3 Å². The predicted octanol–water partition coefficient (Wildman–Crippen LogP) is 5.02. The van der Waals surface area contributed by atoms with Gasteiger partial charge in [0, 0.05) is 20.7 Å². The third kappa shape index (κ3) is 3.07. The van der Waals surface area contributed by atoms with Crippen LogP contribution in [0.15, 0.2) is 51.8 Å². The van der Waals surface area contributed by atoms with E-state index in [4.69, 9.17) is 0 Å². The van der Waals surface area contributed by atoms with Crippen molar-refractivity contribution >= 4 is 27.7 Å². The molecule has 0 heterocycles. The van der Waals surface area contributed by atoms with Crippen molar-refractivity contribution in [3.8, 4) is 0 Å². The van der Waals surface area contributed by atoms with Gasteiger partial charge in [-0.2, -0.15) is 0 Å². The highest BCUT2D eigenvalue weighted by Gasteiger charge is 2.12.